The van der Waals surface area contributed by atoms with Crippen molar-refractivity contribution in [2.24, 2.45) is 5.92 Å². The Morgan fingerprint density at radius 3 is 2.46 bits per heavy atom. The van der Waals surface area contributed by atoms with Crippen LogP contribution in [0.5, 0.6) is 0 Å². The van der Waals surface area contributed by atoms with Crippen molar-refractivity contribution in [2.45, 2.75) is 37.1 Å². The Kier molecular flexibility index (Phi) is 8.62. The number of nitrogens with one attached hydrogen (secondary N) is 2. The van der Waals surface area contributed by atoms with Gasteiger partial charge in [0.15, 0.2) is 0 Å². The predicted molar refractivity (Wildman–Crippen MR) is 114 cm³/mol. The van der Waals surface area contributed by atoms with Gasteiger partial charge in [0.1, 0.15) is 10.3 Å². The summed E-state index contributed by atoms with van der Waals surface area (Å²) in [7, 11) is -1.64. The van der Waals surface area contributed by atoms with Gasteiger partial charge in [-0.1, -0.05) is 50.2 Å². The molecule has 1 amide bonds. The van der Waals surface area contributed by atoms with Gasteiger partial charge in [-0.15, -0.1) is 11.3 Å². The van der Waals surface area contributed by atoms with Crippen LogP contribution >= 0.6 is 11.3 Å². The Hall–Kier alpha value is -1.74. The molecule has 0 saturated heterocycles. The van der Waals surface area contributed by atoms with E-state index >= 15 is 0 Å². The zero-order chi connectivity index (χ0) is 20.6. The van der Waals surface area contributed by atoms with E-state index in [0.717, 1.165) is 30.8 Å². The molecule has 0 aliphatic carbocycles. The third-order valence-corrected chi connectivity index (χ3v) is 7.14. The van der Waals surface area contributed by atoms with Crippen molar-refractivity contribution in [1.29, 1.82) is 0 Å². The summed E-state index contributed by atoms with van der Waals surface area (Å²) >= 11 is 1.13. The molecule has 0 spiro atoms. The van der Waals surface area contributed by atoms with Gasteiger partial charge in [0.25, 0.3) is 10.0 Å². The molecule has 0 saturated carbocycles. The molecule has 0 aliphatic rings. The van der Waals surface area contributed by atoms with Crippen LogP contribution in [-0.2, 0) is 21.4 Å². The normalized spacial score (nSPS) is 13.0. The van der Waals surface area contributed by atoms with E-state index in [1.54, 1.807) is 11.4 Å². The van der Waals surface area contributed by atoms with E-state index in [4.69, 9.17) is 0 Å². The van der Waals surface area contributed by atoms with Crippen molar-refractivity contribution >= 4 is 27.3 Å². The second kappa shape index (κ2) is 10.7. The summed E-state index contributed by atoms with van der Waals surface area (Å²) in [6.45, 7) is 5.85. The predicted octanol–water partition coefficient (Wildman–Crippen LogP) is 2.69. The quantitative estimate of drug-likeness (QED) is 0.545. The number of rotatable bonds is 11. The van der Waals surface area contributed by atoms with Gasteiger partial charge in [0.2, 0.25) is 5.91 Å². The number of amides is 1. The third kappa shape index (κ3) is 7.01. The number of nitrogens with zero attached hydrogens (tertiary/aromatic N) is 1. The first-order valence-corrected chi connectivity index (χ1v) is 11.7. The fourth-order valence-electron chi connectivity index (χ4n) is 2.78. The molecule has 1 heterocycles. The zero-order valence-electron chi connectivity index (χ0n) is 16.6. The molecule has 2 N–H and O–H groups in total. The first-order valence-electron chi connectivity index (χ1n) is 9.35. The topological polar surface area (TPSA) is 78.5 Å². The molecule has 6 nitrogen and oxygen atoms in total. The molecule has 0 bridgehead atoms. The molecule has 0 unspecified atom stereocenters. The Bertz CT molecular complexity index is 822. The highest BCUT2D eigenvalue weighted by atomic mass is 32.2. The second-order valence-corrected chi connectivity index (χ2v) is 10.0. The maximum Gasteiger partial charge on any atom is 0.250 e. The van der Waals surface area contributed by atoms with Crippen molar-refractivity contribution in [3.8, 4) is 0 Å². The fourth-order valence-corrected chi connectivity index (χ4v) is 5.13. The van der Waals surface area contributed by atoms with Crippen LogP contribution in [0.15, 0.2) is 52.1 Å². The summed E-state index contributed by atoms with van der Waals surface area (Å²) in [5, 5.41) is 4.56. The molecule has 0 radical (unpaired) electrons. The number of carbonyl (C=O) groups excluding carboxylic acids is 1. The average Bonchev–Trinajstić information content (AvgIpc) is 3.19. The fraction of sp³-hybridized carbons (Fsp3) is 0.450. The highest BCUT2D eigenvalue weighted by Gasteiger charge is 2.28. The van der Waals surface area contributed by atoms with Crippen LogP contribution in [0.4, 0.5) is 0 Å². The molecular weight excluding hydrogens is 394 g/mol. The summed E-state index contributed by atoms with van der Waals surface area (Å²) in [6, 6.07) is 12.6. The molecule has 2 aromatic rings. The van der Waals surface area contributed by atoms with E-state index in [2.05, 4.69) is 27.1 Å². The van der Waals surface area contributed by atoms with Gasteiger partial charge in [0.05, 0.1) is 0 Å². The SMILES string of the molecule is CC(C)[C@@H](NS(=O)(=O)c1cccs1)C(=O)NCCCN(C)Cc1ccccc1. The van der Waals surface area contributed by atoms with Crippen molar-refractivity contribution in [3.05, 3.63) is 53.4 Å². The summed E-state index contributed by atoms with van der Waals surface area (Å²) in [6.07, 6.45) is 0.789. The van der Waals surface area contributed by atoms with E-state index in [1.165, 1.54) is 11.6 Å². The minimum absolute atomic E-state index is 0.157. The summed E-state index contributed by atoms with van der Waals surface area (Å²) in [5.74, 6) is -0.448. The second-order valence-electron chi connectivity index (χ2n) is 7.14. The van der Waals surface area contributed by atoms with Gasteiger partial charge in [-0.05, 0) is 42.9 Å². The number of benzene rings is 1. The molecule has 1 aromatic heterocycles. The van der Waals surface area contributed by atoms with Crippen LogP contribution in [0.1, 0.15) is 25.8 Å². The van der Waals surface area contributed by atoms with E-state index < -0.39 is 16.1 Å². The monoisotopic (exact) mass is 423 g/mol. The molecule has 0 aliphatic heterocycles. The minimum atomic E-state index is -3.69. The molecule has 28 heavy (non-hydrogen) atoms. The number of hydrogen-bond acceptors (Lipinski definition) is 5. The highest BCUT2D eigenvalue weighted by molar-refractivity contribution is 7.91. The lowest BCUT2D eigenvalue weighted by Crippen LogP contribution is -2.49. The Morgan fingerprint density at radius 2 is 1.86 bits per heavy atom. The smallest absolute Gasteiger partial charge is 0.250 e. The largest absolute Gasteiger partial charge is 0.355 e. The van der Waals surface area contributed by atoms with E-state index in [1.807, 2.05) is 39.1 Å². The molecule has 1 aromatic carbocycles. The van der Waals surface area contributed by atoms with Crippen LogP contribution in [0.2, 0.25) is 0 Å². The highest BCUT2D eigenvalue weighted by Crippen LogP contribution is 2.17. The Morgan fingerprint density at radius 1 is 1.14 bits per heavy atom. The number of carbonyl (C=O) groups is 1. The molecule has 1 atom stereocenters. The summed E-state index contributed by atoms with van der Waals surface area (Å²) in [5.41, 5.74) is 1.25. The number of thiophene rings is 1. The van der Waals surface area contributed by atoms with Gasteiger partial charge in [-0.25, -0.2) is 8.42 Å². The third-order valence-electron chi connectivity index (χ3n) is 4.30. The van der Waals surface area contributed by atoms with Crippen molar-refractivity contribution in [1.82, 2.24) is 14.9 Å². The number of hydrogen-bond donors (Lipinski definition) is 2. The van der Waals surface area contributed by atoms with Gasteiger partial charge in [0, 0.05) is 13.1 Å². The Balaban J connectivity index is 1.79. The van der Waals surface area contributed by atoms with Crippen molar-refractivity contribution in [2.75, 3.05) is 20.1 Å². The van der Waals surface area contributed by atoms with Gasteiger partial charge in [-0.3, -0.25) is 4.79 Å². The average molecular weight is 424 g/mol. The minimum Gasteiger partial charge on any atom is -0.355 e. The van der Waals surface area contributed by atoms with E-state index in [0.29, 0.717) is 6.54 Å². The first-order chi connectivity index (χ1) is 13.3. The molecule has 0 fully saturated rings. The number of sulfonamides is 1. The summed E-state index contributed by atoms with van der Waals surface area (Å²) in [4.78, 5) is 14.7. The van der Waals surface area contributed by atoms with Crippen LogP contribution in [0.25, 0.3) is 0 Å². The van der Waals surface area contributed by atoms with E-state index in [9.17, 15) is 13.2 Å². The van der Waals surface area contributed by atoms with Gasteiger partial charge >= 0.3 is 0 Å². The molecule has 154 valence electrons. The van der Waals surface area contributed by atoms with Crippen molar-refractivity contribution < 1.29 is 13.2 Å². The standard InChI is InChI=1S/C20H29N3O3S2/c1-16(2)19(22-28(25,26)18-11-7-14-27-18)20(24)21-12-8-13-23(3)15-17-9-5-4-6-10-17/h4-7,9-11,14,16,19,22H,8,12-13,15H2,1-3H3,(H,21,24)/t19-/m1/s1. The lowest BCUT2D eigenvalue weighted by Gasteiger charge is -2.22. The lowest BCUT2D eigenvalue weighted by atomic mass is 10.1. The zero-order valence-corrected chi connectivity index (χ0v) is 18.2. The van der Waals surface area contributed by atoms with Crippen LogP contribution in [0, 0.1) is 5.92 Å². The maximum atomic E-state index is 12.5. The van der Waals surface area contributed by atoms with Gasteiger partial charge in [-0.2, -0.15) is 4.72 Å². The molecule has 2 rings (SSSR count). The van der Waals surface area contributed by atoms with Gasteiger partial charge < -0.3 is 10.2 Å². The summed E-state index contributed by atoms with van der Waals surface area (Å²) < 4.78 is 27.6. The molecule has 8 heteroatoms. The van der Waals surface area contributed by atoms with Crippen molar-refractivity contribution in [3.63, 3.8) is 0 Å². The Labute approximate surface area is 172 Å². The lowest BCUT2D eigenvalue weighted by molar-refractivity contribution is -0.123. The molecular formula is C20H29N3O3S2. The van der Waals surface area contributed by atoms with E-state index in [-0.39, 0.29) is 16.0 Å². The maximum absolute atomic E-state index is 12.5. The van der Waals surface area contributed by atoms with Crippen LogP contribution in [0.3, 0.4) is 0 Å². The first kappa shape index (κ1) is 22.5. The van der Waals surface area contributed by atoms with Crippen LogP contribution < -0.4 is 10.0 Å². The van der Waals surface area contributed by atoms with Crippen LogP contribution in [-0.4, -0.2) is 45.4 Å².